The minimum absolute atomic E-state index is 0.0316. The van der Waals surface area contributed by atoms with E-state index in [-0.39, 0.29) is 12.3 Å². The van der Waals surface area contributed by atoms with Crippen LogP contribution in [0.2, 0.25) is 0 Å². The number of carbonyl (C=O) groups excluding carboxylic acids is 1. The molecule has 0 spiro atoms. The molecule has 4 aromatic rings. The molecule has 0 aliphatic rings. The van der Waals surface area contributed by atoms with Gasteiger partial charge in [0.1, 0.15) is 24.3 Å². The van der Waals surface area contributed by atoms with Gasteiger partial charge in [0.15, 0.2) is 0 Å². The number of aromatic nitrogens is 4. The fourth-order valence-electron chi connectivity index (χ4n) is 2.94. The summed E-state index contributed by atoms with van der Waals surface area (Å²) >= 11 is 0. The molecule has 162 valence electrons. The largest absolute Gasteiger partial charge is 0.416 e. The van der Waals surface area contributed by atoms with Crippen molar-refractivity contribution in [3.05, 3.63) is 90.8 Å². The zero-order valence-electron chi connectivity index (χ0n) is 16.5. The number of hydrogen-bond donors (Lipinski definition) is 2. The Bertz CT molecular complexity index is 1190. The van der Waals surface area contributed by atoms with E-state index in [2.05, 4.69) is 25.6 Å². The van der Waals surface area contributed by atoms with Crippen molar-refractivity contribution in [2.45, 2.75) is 12.6 Å². The summed E-state index contributed by atoms with van der Waals surface area (Å²) in [6.45, 7) is 0. The molecule has 2 aromatic heterocycles. The summed E-state index contributed by atoms with van der Waals surface area (Å²) in [5.41, 5.74) is 1.06. The first-order valence-corrected chi connectivity index (χ1v) is 9.50. The van der Waals surface area contributed by atoms with Crippen LogP contribution in [0.3, 0.4) is 0 Å². The second-order valence-corrected chi connectivity index (χ2v) is 6.85. The smallest absolute Gasteiger partial charge is 0.340 e. The molecule has 0 saturated heterocycles. The second-order valence-electron chi connectivity index (χ2n) is 6.85. The number of hydrogen-bond acceptors (Lipinski definition) is 5. The minimum atomic E-state index is -4.40. The van der Waals surface area contributed by atoms with Crippen molar-refractivity contribution in [3.63, 3.8) is 0 Å². The average Bonchev–Trinajstić information content (AvgIpc) is 3.30. The van der Waals surface area contributed by atoms with Crippen molar-refractivity contribution in [2.75, 3.05) is 10.6 Å². The fraction of sp³-hybridized carbons (Fsp3) is 0.0909. The van der Waals surface area contributed by atoms with E-state index in [4.69, 9.17) is 0 Å². The third-order valence-corrected chi connectivity index (χ3v) is 4.51. The maximum absolute atomic E-state index is 12.6. The van der Waals surface area contributed by atoms with E-state index in [0.717, 1.165) is 17.8 Å². The summed E-state index contributed by atoms with van der Waals surface area (Å²) in [7, 11) is 0. The van der Waals surface area contributed by atoms with E-state index in [1.807, 2.05) is 0 Å². The lowest BCUT2D eigenvalue weighted by molar-refractivity contribution is -0.137. The second kappa shape index (κ2) is 8.88. The Balaban J connectivity index is 1.35. The number of benzene rings is 2. The maximum Gasteiger partial charge on any atom is 0.416 e. The molecule has 7 nitrogen and oxygen atoms in total. The van der Waals surface area contributed by atoms with Crippen molar-refractivity contribution < 1.29 is 18.0 Å². The highest BCUT2D eigenvalue weighted by molar-refractivity contribution is 5.92. The molecule has 0 aliphatic heterocycles. The predicted molar refractivity (Wildman–Crippen MR) is 113 cm³/mol. The highest BCUT2D eigenvalue weighted by Crippen LogP contribution is 2.29. The number of anilines is 3. The van der Waals surface area contributed by atoms with Gasteiger partial charge in [-0.3, -0.25) is 9.36 Å². The van der Waals surface area contributed by atoms with Gasteiger partial charge in [0, 0.05) is 29.8 Å². The number of imidazole rings is 1. The molecule has 0 bridgehead atoms. The van der Waals surface area contributed by atoms with Crippen molar-refractivity contribution in [3.8, 4) is 5.82 Å². The Morgan fingerprint density at radius 1 is 0.969 bits per heavy atom. The van der Waals surface area contributed by atoms with E-state index in [1.165, 1.54) is 18.5 Å². The Labute approximate surface area is 181 Å². The molecule has 2 heterocycles. The molecule has 0 atom stereocenters. The summed E-state index contributed by atoms with van der Waals surface area (Å²) < 4.78 is 39.6. The molecular formula is C22H17F3N6O. The van der Waals surface area contributed by atoms with Crippen molar-refractivity contribution in [1.29, 1.82) is 0 Å². The topological polar surface area (TPSA) is 84.7 Å². The van der Waals surface area contributed by atoms with Gasteiger partial charge in [0.25, 0.3) is 0 Å². The van der Waals surface area contributed by atoms with Crippen LogP contribution < -0.4 is 10.6 Å². The molecule has 0 aliphatic carbocycles. The maximum atomic E-state index is 12.6. The Kier molecular flexibility index (Phi) is 5.84. The van der Waals surface area contributed by atoms with Crippen molar-refractivity contribution >= 4 is 23.1 Å². The van der Waals surface area contributed by atoms with Gasteiger partial charge in [-0.25, -0.2) is 15.0 Å². The lowest BCUT2D eigenvalue weighted by Gasteiger charge is -2.10. The molecule has 2 N–H and O–H groups in total. The number of alkyl halides is 3. The molecule has 0 fully saturated rings. The number of amides is 1. The zero-order chi connectivity index (χ0) is 22.6. The molecule has 0 unspecified atom stereocenters. The van der Waals surface area contributed by atoms with Gasteiger partial charge in [0.05, 0.1) is 12.0 Å². The van der Waals surface area contributed by atoms with Gasteiger partial charge < -0.3 is 10.6 Å². The van der Waals surface area contributed by atoms with Crippen LogP contribution in [0.15, 0.2) is 79.6 Å². The third kappa shape index (κ3) is 5.28. The lowest BCUT2D eigenvalue weighted by Crippen LogP contribution is -2.14. The molecule has 10 heteroatoms. The van der Waals surface area contributed by atoms with Gasteiger partial charge in [-0.2, -0.15) is 13.2 Å². The average molecular weight is 438 g/mol. The predicted octanol–water partition coefficient (Wildman–Crippen LogP) is 4.61. The molecule has 2 aromatic carbocycles. The summed E-state index contributed by atoms with van der Waals surface area (Å²) in [5, 5.41) is 5.88. The van der Waals surface area contributed by atoms with Crippen LogP contribution in [0.5, 0.6) is 0 Å². The van der Waals surface area contributed by atoms with E-state index in [1.54, 1.807) is 53.6 Å². The summed E-state index contributed by atoms with van der Waals surface area (Å²) in [6, 6.07) is 13.3. The van der Waals surface area contributed by atoms with E-state index >= 15 is 0 Å². The number of nitrogens with zero attached hydrogens (tertiary/aromatic N) is 4. The Morgan fingerprint density at radius 3 is 2.34 bits per heavy atom. The fourth-order valence-corrected chi connectivity index (χ4v) is 2.94. The molecule has 0 saturated carbocycles. The van der Waals surface area contributed by atoms with Crippen LogP contribution in [0.1, 0.15) is 11.1 Å². The van der Waals surface area contributed by atoms with Crippen molar-refractivity contribution in [2.24, 2.45) is 0 Å². The van der Waals surface area contributed by atoms with Crippen LogP contribution in [0.25, 0.3) is 5.82 Å². The molecule has 0 radical (unpaired) electrons. The highest BCUT2D eigenvalue weighted by Gasteiger charge is 2.29. The number of halogens is 3. The lowest BCUT2D eigenvalue weighted by atomic mass is 10.1. The third-order valence-electron chi connectivity index (χ3n) is 4.51. The Hall–Kier alpha value is -4.21. The van der Waals surface area contributed by atoms with E-state index in [9.17, 15) is 18.0 Å². The monoisotopic (exact) mass is 438 g/mol. The van der Waals surface area contributed by atoms with Crippen LogP contribution in [0, 0.1) is 0 Å². The van der Waals surface area contributed by atoms with Crippen LogP contribution in [-0.4, -0.2) is 25.4 Å². The normalized spacial score (nSPS) is 11.2. The Morgan fingerprint density at radius 2 is 1.69 bits per heavy atom. The number of carbonyl (C=O) groups is 1. The number of nitrogens with one attached hydrogen (secondary N) is 2. The highest BCUT2D eigenvalue weighted by atomic mass is 19.4. The van der Waals surface area contributed by atoms with Crippen LogP contribution >= 0.6 is 0 Å². The zero-order valence-corrected chi connectivity index (χ0v) is 16.5. The van der Waals surface area contributed by atoms with Gasteiger partial charge in [-0.05, 0) is 42.0 Å². The van der Waals surface area contributed by atoms with Crippen LogP contribution in [-0.2, 0) is 17.4 Å². The molecule has 32 heavy (non-hydrogen) atoms. The first kappa shape index (κ1) is 21.0. The first-order valence-electron chi connectivity index (χ1n) is 9.50. The standard InChI is InChI=1S/C22H17F3N6O/c23-22(24,25)16-3-1-15(2-4-16)11-21(32)30-18-7-5-17(6-8-18)29-19-12-20(28-13-27-19)31-10-9-26-14-31/h1-10,12-14H,11H2,(H,30,32)(H,27,28,29). The SMILES string of the molecule is O=C(Cc1ccc(C(F)(F)F)cc1)Nc1ccc(Nc2cc(-n3ccnc3)ncn2)cc1. The summed E-state index contributed by atoms with van der Waals surface area (Å²) in [6.07, 6.45) is 2.06. The quantitative estimate of drug-likeness (QED) is 0.459. The van der Waals surface area contributed by atoms with Gasteiger partial charge in [0.2, 0.25) is 5.91 Å². The van der Waals surface area contributed by atoms with Gasteiger partial charge >= 0.3 is 6.18 Å². The molecule has 1 amide bonds. The van der Waals surface area contributed by atoms with E-state index in [0.29, 0.717) is 22.9 Å². The van der Waals surface area contributed by atoms with Gasteiger partial charge in [-0.1, -0.05) is 12.1 Å². The molecular weight excluding hydrogens is 421 g/mol. The minimum Gasteiger partial charge on any atom is -0.340 e. The van der Waals surface area contributed by atoms with E-state index < -0.39 is 11.7 Å². The summed E-state index contributed by atoms with van der Waals surface area (Å²) in [5.74, 6) is 0.918. The van der Waals surface area contributed by atoms with Crippen LogP contribution in [0.4, 0.5) is 30.4 Å². The first-order chi connectivity index (χ1) is 15.4. The van der Waals surface area contributed by atoms with Gasteiger partial charge in [-0.15, -0.1) is 0 Å². The molecule has 4 rings (SSSR count). The van der Waals surface area contributed by atoms with Crippen molar-refractivity contribution in [1.82, 2.24) is 19.5 Å². The summed E-state index contributed by atoms with van der Waals surface area (Å²) in [4.78, 5) is 24.6. The number of rotatable bonds is 6.